The molecular weight excluding hydrogens is 242 g/mol. The van der Waals surface area contributed by atoms with E-state index >= 15 is 0 Å². The van der Waals surface area contributed by atoms with Gasteiger partial charge in [-0.1, -0.05) is 19.8 Å². The summed E-state index contributed by atoms with van der Waals surface area (Å²) in [5.41, 5.74) is 0. The lowest BCUT2D eigenvalue weighted by molar-refractivity contribution is 0.685. The number of nitrogens with one attached hydrogen (secondary N) is 2. The quantitative estimate of drug-likeness (QED) is 0.613. The van der Waals surface area contributed by atoms with Crippen LogP contribution in [0.25, 0.3) is 0 Å². The monoisotopic (exact) mass is 265 g/mol. The predicted molar refractivity (Wildman–Crippen MR) is 79.2 cm³/mol. The van der Waals surface area contributed by atoms with Crippen molar-refractivity contribution >= 4 is 17.3 Å². The zero-order valence-electron chi connectivity index (χ0n) is 11.3. The van der Waals surface area contributed by atoms with Gasteiger partial charge < -0.3 is 10.6 Å². The molecule has 1 fully saturated rings. The third kappa shape index (κ3) is 4.33. The molecular formula is C14H23N3S. The summed E-state index contributed by atoms with van der Waals surface area (Å²) in [4.78, 5) is 7.07. The Hall–Kier alpha value is -1.03. The van der Waals surface area contributed by atoms with Gasteiger partial charge in [-0.3, -0.25) is 4.99 Å². The highest BCUT2D eigenvalue weighted by Crippen LogP contribution is 2.31. The first-order chi connectivity index (χ1) is 8.81. The van der Waals surface area contributed by atoms with E-state index in [2.05, 4.69) is 34.7 Å². The first-order valence-electron chi connectivity index (χ1n) is 6.84. The molecule has 0 amide bonds. The average Bonchev–Trinajstić information content (AvgIpc) is 3.10. The smallest absolute Gasteiger partial charge is 0.191 e. The molecule has 0 saturated heterocycles. The fourth-order valence-electron chi connectivity index (χ4n) is 1.90. The van der Waals surface area contributed by atoms with E-state index < -0.39 is 0 Å². The van der Waals surface area contributed by atoms with Crippen LogP contribution < -0.4 is 10.6 Å². The summed E-state index contributed by atoms with van der Waals surface area (Å²) < 4.78 is 0. The Bertz CT molecular complexity index is 393. The van der Waals surface area contributed by atoms with Gasteiger partial charge in [0.05, 0.1) is 6.54 Å². The van der Waals surface area contributed by atoms with Crippen LogP contribution in [0.1, 0.15) is 35.9 Å². The second-order valence-electron chi connectivity index (χ2n) is 4.81. The summed E-state index contributed by atoms with van der Waals surface area (Å²) in [6.07, 6.45) is 5.24. The number of thiophene rings is 1. The minimum absolute atomic E-state index is 0.869. The Balaban J connectivity index is 1.68. The standard InChI is InChI=1S/C14H23N3S/c1-3-12-6-7-13(18-12)10-17-14(15-2)16-9-8-11-4-5-11/h6-7,11H,3-5,8-10H2,1-2H3,(H2,15,16,17). The molecule has 4 heteroatoms. The Morgan fingerprint density at radius 1 is 1.33 bits per heavy atom. The molecule has 2 N–H and O–H groups in total. The molecule has 1 aromatic heterocycles. The number of hydrogen-bond donors (Lipinski definition) is 2. The van der Waals surface area contributed by atoms with Gasteiger partial charge in [0.25, 0.3) is 0 Å². The van der Waals surface area contributed by atoms with Gasteiger partial charge in [0.1, 0.15) is 0 Å². The first-order valence-corrected chi connectivity index (χ1v) is 7.65. The van der Waals surface area contributed by atoms with Crippen LogP contribution in [0.5, 0.6) is 0 Å². The molecule has 18 heavy (non-hydrogen) atoms. The fraction of sp³-hybridized carbons (Fsp3) is 0.643. The van der Waals surface area contributed by atoms with E-state index in [-0.39, 0.29) is 0 Å². The van der Waals surface area contributed by atoms with Gasteiger partial charge in [-0.2, -0.15) is 0 Å². The van der Waals surface area contributed by atoms with Crippen LogP contribution >= 0.6 is 11.3 Å². The van der Waals surface area contributed by atoms with E-state index in [1.54, 1.807) is 0 Å². The lowest BCUT2D eigenvalue weighted by atomic mass is 10.3. The maximum Gasteiger partial charge on any atom is 0.191 e. The van der Waals surface area contributed by atoms with E-state index in [4.69, 9.17) is 0 Å². The van der Waals surface area contributed by atoms with Crippen molar-refractivity contribution in [2.45, 2.75) is 39.2 Å². The van der Waals surface area contributed by atoms with Gasteiger partial charge in [-0.05, 0) is 30.9 Å². The summed E-state index contributed by atoms with van der Waals surface area (Å²) in [5, 5.41) is 6.74. The van der Waals surface area contributed by atoms with E-state index in [1.807, 2.05) is 18.4 Å². The SMILES string of the molecule is CCc1ccc(CNC(=NC)NCCC2CC2)s1. The second-order valence-corrected chi connectivity index (χ2v) is 6.06. The molecule has 1 saturated carbocycles. The average molecular weight is 265 g/mol. The largest absolute Gasteiger partial charge is 0.356 e. The minimum atomic E-state index is 0.869. The molecule has 1 heterocycles. The fourth-order valence-corrected chi connectivity index (χ4v) is 2.80. The van der Waals surface area contributed by atoms with Crippen molar-refractivity contribution in [2.75, 3.05) is 13.6 Å². The first kappa shape index (κ1) is 13.4. The van der Waals surface area contributed by atoms with E-state index in [9.17, 15) is 0 Å². The van der Waals surface area contributed by atoms with Crippen molar-refractivity contribution in [3.05, 3.63) is 21.9 Å². The molecule has 1 aromatic rings. The zero-order chi connectivity index (χ0) is 12.8. The predicted octanol–water partition coefficient (Wildman–Crippen LogP) is 2.78. The molecule has 0 spiro atoms. The lowest BCUT2D eigenvalue weighted by Gasteiger charge is -2.10. The van der Waals surface area contributed by atoms with E-state index in [0.29, 0.717) is 0 Å². The van der Waals surface area contributed by atoms with Crippen molar-refractivity contribution in [1.82, 2.24) is 10.6 Å². The molecule has 1 aliphatic rings. The van der Waals surface area contributed by atoms with Gasteiger partial charge >= 0.3 is 0 Å². The maximum atomic E-state index is 4.25. The second kappa shape index (κ2) is 6.78. The third-order valence-electron chi connectivity index (χ3n) is 3.26. The molecule has 3 nitrogen and oxygen atoms in total. The van der Waals surface area contributed by atoms with Crippen molar-refractivity contribution in [1.29, 1.82) is 0 Å². The highest BCUT2D eigenvalue weighted by molar-refractivity contribution is 7.11. The van der Waals surface area contributed by atoms with Crippen molar-refractivity contribution < 1.29 is 0 Å². The summed E-state index contributed by atoms with van der Waals surface area (Å²) in [6, 6.07) is 4.42. The van der Waals surface area contributed by atoms with E-state index in [0.717, 1.165) is 31.4 Å². The highest BCUT2D eigenvalue weighted by atomic mass is 32.1. The lowest BCUT2D eigenvalue weighted by Crippen LogP contribution is -2.37. The molecule has 0 aromatic carbocycles. The molecule has 0 atom stereocenters. The number of aryl methyl sites for hydroxylation is 1. The molecule has 0 unspecified atom stereocenters. The van der Waals surface area contributed by atoms with E-state index in [1.165, 1.54) is 29.0 Å². The minimum Gasteiger partial charge on any atom is -0.356 e. The molecule has 1 aliphatic carbocycles. The zero-order valence-corrected chi connectivity index (χ0v) is 12.1. The van der Waals surface area contributed by atoms with Crippen LogP contribution in [-0.2, 0) is 13.0 Å². The molecule has 0 radical (unpaired) electrons. The van der Waals surface area contributed by atoms with Crippen LogP contribution in [0.2, 0.25) is 0 Å². The number of nitrogens with zero attached hydrogens (tertiary/aromatic N) is 1. The van der Waals surface area contributed by atoms with Crippen molar-refractivity contribution in [2.24, 2.45) is 10.9 Å². The topological polar surface area (TPSA) is 36.4 Å². The summed E-state index contributed by atoms with van der Waals surface area (Å²) in [5.74, 6) is 1.89. The van der Waals surface area contributed by atoms with Gasteiger partial charge in [0.15, 0.2) is 5.96 Å². The van der Waals surface area contributed by atoms with Gasteiger partial charge in [-0.15, -0.1) is 11.3 Å². The Kier molecular flexibility index (Phi) is 5.05. The van der Waals surface area contributed by atoms with Crippen molar-refractivity contribution in [3.8, 4) is 0 Å². The third-order valence-corrected chi connectivity index (χ3v) is 4.49. The molecule has 0 bridgehead atoms. The number of guanidine groups is 1. The number of aliphatic imine (C=N–C) groups is 1. The summed E-state index contributed by atoms with van der Waals surface area (Å²) in [6.45, 7) is 4.10. The Labute approximate surface area is 114 Å². The van der Waals surface area contributed by atoms with Crippen LogP contribution in [0.15, 0.2) is 17.1 Å². The van der Waals surface area contributed by atoms with Crippen molar-refractivity contribution in [3.63, 3.8) is 0 Å². The molecule has 100 valence electrons. The van der Waals surface area contributed by atoms with Gasteiger partial charge in [0.2, 0.25) is 0 Å². The normalized spacial score (nSPS) is 15.8. The number of hydrogen-bond acceptors (Lipinski definition) is 2. The van der Waals surface area contributed by atoms with Crippen LogP contribution in [-0.4, -0.2) is 19.6 Å². The Morgan fingerprint density at radius 2 is 2.11 bits per heavy atom. The maximum absolute atomic E-state index is 4.25. The van der Waals surface area contributed by atoms with Gasteiger partial charge in [-0.25, -0.2) is 0 Å². The highest BCUT2D eigenvalue weighted by Gasteiger charge is 2.20. The summed E-state index contributed by atoms with van der Waals surface area (Å²) in [7, 11) is 1.83. The van der Waals surface area contributed by atoms with Gasteiger partial charge in [0, 0.05) is 23.3 Å². The van der Waals surface area contributed by atoms with Crippen LogP contribution in [0.3, 0.4) is 0 Å². The summed E-state index contributed by atoms with van der Waals surface area (Å²) >= 11 is 1.88. The Morgan fingerprint density at radius 3 is 2.72 bits per heavy atom. The van der Waals surface area contributed by atoms with Crippen LogP contribution in [0, 0.1) is 5.92 Å². The van der Waals surface area contributed by atoms with Crippen LogP contribution in [0.4, 0.5) is 0 Å². The number of rotatable bonds is 6. The molecule has 2 rings (SSSR count). The molecule has 0 aliphatic heterocycles.